The number of fused-ring (bicyclic) bond motifs is 4. The second kappa shape index (κ2) is 9.08. The van der Waals surface area contributed by atoms with E-state index in [1.165, 1.54) is 13.4 Å². The molecule has 2 aromatic heterocycles. The standard InChI is InChI=1S/C26H31N3O5/c1-7-15-9-11-19(30)28-22(26(3,4)5)24-29-20(23-27-18(13-33-23)25(31)32-6)21(34-24)16-10-8-14(2)17(16)12-15/h7,12-13,16,22H,2,8-11H2,1,3-6H3,(H,28,30)/b15-7-,17-12+/t16-,22+/m0/s1. The van der Waals surface area contributed by atoms with Gasteiger partial charge in [-0.1, -0.05) is 50.6 Å². The van der Waals surface area contributed by atoms with Crippen molar-refractivity contribution in [2.45, 2.75) is 65.3 Å². The number of rotatable bonds is 2. The summed E-state index contributed by atoms with van der Waals surface area (Å²) in [6.45, 7) is 12.3. The molecule has 8 nitrogen and oxygen atoms in total. The van der Waals surface area contributed by atoms with E-state index in [2.05, 4.69) is 23.0 Å². The van der Waals surface area contributed by atoms with Crippen LogP contribution in [0.4, 0.5) is 0 Å². The zero-order chi connectivity index (χ0) is 24.6. The highest BCUT2D eigenvalue weighted by atomic mass is 16.5. The lowest BCUT2D eigenvalue weighted by atomic mass is 9.86. The van der Waals surface area contributed by atoms with Crippen molar-refractivity contribution >= 4 is 11.9 Å². The molecule has 0 aromatic carbocycles. The first-order chi connectivity index (χ1) is 16.1. The molecule has 2 aliphatic rings. The number of carbonyl (C=O) groups is 2. The van der Waals surface area contributed by atoms with E-state index >= 15 is 0 Å². The molecule has 3 heterocycles. The van der Waals surface area contributed by atoms with Gasteiger partial charge < -0.3 is 18.9 Å². The number of nitrogens with zero attached hydrogens (tertiary/aromatic N) is 2. The molecule has 0 radical (unpaired) electrons. The van der Waals surface area contributed by atoms with Crippen LogP contribution in [0.1, 0.15) is 87.5 Å². The van der Waals surface area contributed by atoms with Crippen molar-refractivity contribution in [3.05, 3.63) is 59.1 Å². The fraction of sp³-hybridized carbons (Fsp3) is 0.462. The van der Waals surface area contributed by atoms with Gasteiger partial charge in [0.15, 0.2) is 11.4 Å². The van der Waals surface area contributed by atoms with Gasteiger partial charge in [0.2, 0.25) is 17.7 Å². The fourth-order valence-electron chi connectivity index (χ4n) is 4.42. The fourth-order valence-corrected chi connectivity index (χ4v) is 4.42. The van der Waals surface area contributed by atoms with E-state index in [1.807, 2.05) is 33.8 Å². The molecule has 1 saturated carbocycles. The minimum Gasteiger partial charge on any atom is -0.464 e. The molecule has 8 heteroatoms. The maximum absolute atomic E-state index is 12.9. The van der Waals surface area contributed by atoms with Crippen molar-refractivity contribution in [1.29, 1.82) is 0 Å². The lowest BCUT2D eigenvalue weighted by molar-refractivity contribution is -0.122. The molecule has 1 N–H and O–H groups in total. The Morgan fingerprint density at radius 1 is 1.26 bits per heavy atom. The van der Waals surface area contributed by atoms with Crippen LogP contribution in [-0.4, -0.2) is 29.0 Å². The highest BCUT2D eigenvalue weighted by Gasteiger charge is 2.38. The summed E-state index contributed by atoms with van der Waals surface area (Å²) < 4.78 is 16.8. The molecule has 2 aromatic rings. The van der Waals surface area contributed by atoms with Crippen LogP contribution in [0.5, 0.6) is 0 Å². The van der Waals surface area contributed by atoms with Gasteiger partial charge in [0.1, 0.15) is 18.1 Å². The summed E-state index contributed by atoms with van der Waals surface area (Å²) >= 11 is 0. The van der Waals surface area contributed by atoms with Gasteiger partial charge in [-0.15, -0.1) is 0 Å². The van der Waals surface area contributed by atoms with E-state index in [4.69, 9.17) is 18.6 Å². The molecule has 0 saturated heterocycles. The zero-order valence-electron chi connectivity index (χ0n) is 20.4. The largest absolute Gasteiger partial charge is 0.464 e. The van der Waals surface area contributed by atoms with Gasteiger partial charge in [0, 0.05) is 12.3 Å². The van der Waals surface area contributed by atoms with Crippen LogP contribution >= 0.6 is 0 Å². The van der Waals surface area contributed by atoms with E-state index in [-0.39, 0.29) is 28.8 Å². The average molecular weight is 466 g/mol. The molecule has 1 aliphatic heterocycles. The SMILES string of the molecule is C=C1CC[C@H]2/C1=C/C(=C\C)CCC(=O)N[C@@H](C(C)(C)C)c1nc(-c3nc(C(=O)OC)co3)c2o1. The number of methoxy groups -OCH3 is 1. The van der Waals surface area contributed by atoms with Crippen LogP contribution < -0.4 is 5.32 Å². The predicted octanol–water partition coefficient (Wildman–Crippen LogP) is 5.42. The molecule has 1 fully saturated rings. The Hall–Kier alpha value is -3.42. The Bertz CT molecular complexity index is 1190. The normalized spacial score (nSPS) is 24.0. The van der Waals surface area contributed by atoms with Crippen LogP contribution in [-0.2, 0) is 9.53 Å². The number of amides is 1. The number of nitrogens with one attached hydrogen (secondary N) is 1. The number of aromatic nitrogens is 2. The van der Waals surface area contributed by atoms with Gasteiger partial charge in [0.25, 0.3) is 0 Å². The number of carbonyl (C=O) groups excluding carboxylic acids is 2. The van der Waals surface area contributed by atoms with Crippen molar-refractivity contribution in [2.24, 2.45) is 5.41 Å². The summed E-state index contributed by atoms with van der Waals surface area (Å²) in [5.41, 5.74) is 3.26. The first kappa shape index (κ1) is 23.7. The lowest BCUT2D eigenvalue weighted by Gasteiger charge is -2.29. The summed E-state index contributed by atoms with van der Waals surface area (Å²) in [5, 5.41) is 3.11. The molecule has 1 aliphatic carbocycles. The second-order valence-corrected chi connectivity index (χ2v) is 9.82. The van der Waals surface area contributed by atoms with Gasteiger partial charge in [-0.3, -0.25) is 4.79 Å². The van der Waals surface area contributed by atoms with Crippen molar-refractivity contribution in [2.75, 3.05) is 7.11 Å². The minimum absolute atomic E-state index is 0.0504. The zero-order valence-corrected chi connectivity index (χ0v) is 20.4. The topological polar surface area (TPSA) is 107 Å². The van der Waals surface area contributed by atoms with Gasteiger partial charge in [-0.2, -0.15) is 0 Å². The lowest BCUT2D eigenvalue weighted by Crippen LogP contribution is -2.36. The molecule has 34 heavy (non-hydrogen) atoms. The van der Waals surface area contributed by atoms with E-state index in [9.17, 15) is 9.59 Å². The summed E-state index contributed by atoms with van der Waals surface area (Å²) in [4.78, 5) is 33.9. The first-order valence-corrected chi connectivity index (χ1v) is 11.5. The maximum atomic E-state index is 12.9. The maximum Gasteiger partial charge on any atom is 0.360 e. The molecule has 0 spiro atoms. The van der Waals surface area contributed by atoms with Gasteiger partial charge in [-0.05, 0) is 37.2 Å². The molecule has 0 unspecified atom stereocenters. The van der Waals surface area contributed by atoms with E-state index in [0.29, 0.717) is 30.2 Å². The van der Waals surface area contributed by atoms with Crippen molar-refractivity contribution < 1.29 is 23.2 Å². The summed E-state index contributed by atoms with van der Waals surface area (Å²) in [6, 6.07) is -0.465. The van der Waals surface area contributed by atoms with E-state index < -0.39 is 12.0 Å². The molecule has 2 bridgehead atoms. The van der Waals surface area contributed by atoms with Crippen LogP contribution in [0, 0.1) is 5.41 Å². The summed E-state index contributed by atoms with van der Waals surface area (Å²) in [6.07, 6.45) is 8.00. The number of ether oxygens (including phenoxy) is 1. The number of allylic oxidation sites excluding steroid dienone is 5. The van der Waals surface area contributed by atoms with Crippen molar-refractivity contribution in [3.63, 3.8) is 0 Å². The van der Waals surface area contributed by atoms with Crippen LogP contribution in [0.3, 0.4) is 0 Å². The van der Waals surface area contributed by atoms with Crippen LogP contribution in [0.15, 0.2) is 50.5 Å². The molecule has 1 amide bonds. The van der Waals surface area contributed by atoms with Crippen molar-refractivity contribution in [1.82, 2.24) is 15.3 Å². The third-order valence-electron chi connectivity index (χ3n) is 6.38. The molecule has 180 valence electrons. The smallest absolute Gasteiger partial charge is 0.360 e. The Morgan fingerprint density at radius 2 is 2.03 bits per heavy atom. The summed E-state index contributed by atoms with van der Waals surface area (Å²) in [7, 11) is 1.29. The Labute approximate surface area is 199 Å². The highest BCUT2D eigenvalue weighted by molar-refractivity contribution is 5.87. The van der Waals surface area contributed by atoms with E-state index in [1.54, 1.807) is 0 Å². The van der Waals surface area contributed by atoms with Crippen molar-refractivity contribution in [3.8, 4) is 11.6 Å². The van der Waals surface area contributed by atoms with Crippen LogP contribution in [0.25, 0.3) is 11.6 Å². The van der Waals surface area contributed by atoms with E-state index in [0.717, 1.165) is 29.6 Å². The Morgan fingerprint density at radius 3 is 2.71 bits per heavy atom. The Kier molecular flexibility index (Phi) is 6.34. The number of hydrogen-bond donors (Lipinski definition) is 1. The first-order valence-electron chi connectivity index (χ1n) is 11.5. The Balaban J connectivity index is 1.93. The highest BCUT2D eigenvalue weighted by Crippen LogP contribution is 2.47. The van der Waals surface area contributed by atoms with Gasteiger partial charge in [0.05, 0.1) is 7.11 Å². The number of oxazole rings is 2. The average Bonchev–Trinajstić information content (AvgIpc) is 3.51. The third-order valence-corrected chi connectivity index (χ3v) is 6.38. The van der Waals surface area contributed by atoms with Gasteiger partial charge in [-0.25, -0.2) is 14.8 Å². The minimum atomic E-state index is -0.599. The quantitative estimate of drug-likeness (QED) is 0.590. The van der Waals surface area contributed by atoms with Gasteiger partial charge >= 0.3 is 5.97 Å². The molecule has 4 rings (SSSR count). The molecular weight excluding hydrogens is 434 g/mol. The third kappa shape index (κ3) is 4.49. The molecular formula is C26H31N3O5. The van der Waals surface area contributed by atoms with Crippen LogP contribution in [0.2, 0.25) is 0 Å². The second-order valence-electron chi connectivity index (χ2n) is 9.82. The monoisotopic (exact) mass is 465 g/mol. The number of hydrogen-bond acceptors (Lipinski definition) is 7. The predicted molar refractivity (Wildman–Crippen MR) is 126 cm³/mol. The number of esters is 1. The summed E-state index contributed by atoms with van der Waals surface area (Å²) in [5.74, 6) is 0.374. The molecule has 2 atom stereocenters.